The standard InChI is InChI=1S/C15H23NO2.ClH/c1-14(2,3)16-12-10-8-6-7-9-11(10)18-15(4,5)13(12)17;/h6-9,12-13,16-17H,1-5H3;1H/t12-,13+;/m1./s1. The van der Waals surface area contributed by atoms with E-state index in [1.807, 2.05) is 38.1 Å². The minimum absolute atomic E-state index is 0. The number of aliphatic hydroxyl groups is 1. The molecule has 1 aromatic rings. The minimum atomic E-state index is -0.586. The molecule has 0 saturated heterocycles. The molecular weight excluding hydrogens is 262 g/mol. The second-order valence-electron chi connectivity index (χ2n) is 6.56. The molecule has 0 aliphatic carbocycles. The van der Waals surface area contributed by atoms with Gasteiger partial charge < -0.3 is 15.2 Å². The highest BCUT2D eigenvalue weighted by atomic mass is 35.5. The van der Waals surface area contributed by atoms with Gasteiger partial charge in [-0.2, -0.15) is 0 Å². The lowest BCUT2D eigenvalue weighted by atomic mass is 9.85. The van der Waals surface area contributed by atoms with E-state index >= 15 is 0 Å². The molecule has 3 nitrogen and oxygen atoms in total. The number of hydrogen-bond acceptors (Lipinski definition) is 3. The zero-order valence-corrected chi connectivity index (χ0v) is 13.0. The Labute approximate surface area is 121 Å². The van der Waals surface area contributed by atoms with Gasteiger partial charge in [0.15, 0.2) is 0 Å². The molecule has 0 spiro atoms. The second kappa shape index (κ2) is 5.31. The predicted octanol–water partition coefficient (Wildman–Crippen LogP) is 3.07. The fraction of sp³-hybridized carbons (Fsp3) is 0.600. The average molecular weight is 286 g/mol. The molecule has 2 N–H and O–H groups in total. The summed E-state index contributed by atoms with van der Waals surface area (Å²) < 4.78 is 5.89. The molecule has 0 aromatic heterocycles. The maximum Gasteiger partial charge on any atom is 0.131 e. The Hall–Kier alpha value is -0.770. The third kappa shape index (κ3) is 3.41. The summed E-state index contributed by atoms with van der Waals surface area (Å²) >= 11 is 0. The molecule has 0 radical (unpaired) electrons. The maximum atomic E-state index is 10.5. The predicted molar refractivity (Wildman–Crippen MR) is 80.0 cm³/mol. The van der Waals surface area contributed by atoms with Crippen molar-refractivity contribution in [2.24, 2.45) is 0 Å². The van der Waals surface area contributed by atoms with E-state index in [0.29, 0.717) is 0 Å². The van der Waals surface area contributed by atoms with E-state index < -0.39 is 11.7 Å². The number of ether oxygens (including phenoxy) is 1. The first-order valence-electron chi connectivity index (χ1n) is 6.44. The van der Waals surface area contributed by atoms with Crippen molar-refractivity contribution < 1.29 is 9.84 Å². The zero-order valence-electron chi connectivity index (χ0n) is 12.2. The van der Waals surface area contributed by atoms with Crippen LogP contribution in [0.5, 0.6) is 5.75 Å². The molecule has 1 aromatic carbocycles. The molecule has 4 heteroatoms. The smallest absolute Gasteiger partial charge is 0.131 e. The Morgan fingerprint density at radius 1 is 1.21 bits per heavy atom. The highest BCUT2D eigenvalue weighted by Gasteiger charge is 2.43. The number of nitrogens with one attached hydrogen (secondary N) is 1. The van der Waals surface area contributed by atoms with Crippen molar-refractivity contribution in [3.05, 3.63) is 29.8 Å². The van der Waals surface area contributed by atoms with Crippen LogP contribution in [-0.2, 0) is 0 Å². The van der Waals surface area contributed by atoms with Crippen LogP contribution in [0.3, 0.4) is 0 Å². The third-order valence-electron chi connectivity index (χ3n) is 3.24. The lowest BCUT2D eigenvalue weighted by Crippen LogP contribution is -2.55. The normalized spacial score (nSPS) is 24.9. The van der Waals surface area contributed by atoms with Gasteiger partial charge in [-0.25, -0.2) is 0 Å². The molecule has 2 rings (SSSR count). The highest BCUT2D eigenvalue weighted by molar-refractivity contribution is 5.85. The van der Waals surface area contributed by atoms with Crippen molar-refractivity contribution in [1.29, 1.82) is 0 Å². The van der Waals surface area contributed by atoms with E-state index in [2.05, 4.69) is 26.1 Å². The van der Waals surface area contributed by atoms with E-state index in [1.54, 1.807) is 0 Å². The lowest BCUT2D eigenvalue weighted by molar-refractivity contribution is -0.0685. The average Bonchev–Trinajstić information content (AvgIpc) is 2.23. The highest BCUT2D eigenvalue weighted by Crippen LogP contribution is 2.40. The van der Waals surface area contributed by atoms with Gasteiger partial charge in [-0.3, -0.25) is 0 Å². The van der Waals surface area contributed by atoms with Crippen LogP contribution in [0.15, 0.2) is 24.3 Å². The Balaban J connectivity index is 0.00000180. The number of hydrogen-bond donors (Lipinski definition) is 2. The molecule has 0 amide bonds. The minimum Gasteiger partial charge on any atom is -0.485 e. The lowest BCUT2D eigenvalue weighted by Gasteiger charge is -2.44. The van der Waals surface area contributed by atoms with Crippen LogP contribution < -0.4 is 10.1 Å². The van der Waals surface area contributed by atoms with Crippen LogP contribution in [0.1, 0.15) is 46.2 Å². The topological polar surface area (TPSA) is 41.5 Å². The van der Waals surface area contributed by atoms with Crippen LogP contribution in [0.25, 0.3) is 0 Å². The Morgan fingerprint density at radius 2 is 1.79 bits per heavy atom. The van der Waals surface area contributed by atoms with Crippen LogP contribution in [0.4, 0.5) is 0 Å². The summed E-state index contributed by atoms with van der Waals surface area (Å²) in [5.41, 5.74) is 0.378. The van der Waals surface area contributed by atoms with Crippen molar-refractivity contribution in [1.82, 2.24) is 5.32 Å². The SMILES string of the molecule is CC(C)(C)N[C@@H]1c2ccccc2OC(C)(C)[C@H]1O.Cl. The van der Waals surface area contributed by atoms with E-state index in [-0.39, 0.29) is 24.0 Å². The number of benzene rings is 1. The van der Waals surface area contributed by atoms with Gasteiger partial charge in [0.2, 0.25) is 0 Å². The summed E-state index contributed by atoms with van der Waals surface area (Å²) in [5, 5.41) is 14.0. The maximum absolute atomic E-state index is 10.5. The molecule has 1 aliphatic heterocycles. The zero-order chi connectivity index (χ0) is 13.6. The molecule has 0 fully saturated rings. The summed E-state index contributed by atoms with van der Waals surface area (Å²) in [5.74, 6) is 0.856. The van der Waals surface area contributed by atoms with Crippen LogP contribution in [0, 0.1) is 0 Å². The van der Waals surface area contributed by atoms with E-state index in [0.717, 1.165) is 11.3 Å². The fourth-order valence-corrected chi connectivity index (χ4v) is 2.37. The Morgan fingerprint density at radius 3 is 2.37 bits per heavy atom. The summed E-state index contributed by atoms with van der Waals surface area (Å²) in [6, 6.07) is 7.80. The quantitative estimate of drug-likeness (QED) is 0.833. The van der Waals surface area contributed by atoms with E-state index in [9.17, 15) is 5.11 Å². The first-order valence-corrected chi connectivity index (χ1v) is 6.44. The van der Waals surface area contributed by atoms with Gasteiger partial charge in [0.25, 0.3) is 0 Å². The van der Waals surface area contributed by atoms with Crippen molar-refractivity contribution in [3.63, 3.8) is 0 Å². The molecule has 0 unspecified atom stereocenters. The van der Waals surface area contributed by atoms with Gasteiger partial charge in [-0.15, -0.1) is 12.4 Å². The molecule has 108 valence electrons. The molecule has 0 saturated carbocycles. The van der Waals surface area contributed by atoms with Crippen LogP contribution in [0.2, 0.25) is 0 Å². The van der Waals surface area contributed by atoms with Crippen molar-refractivity contribution in [3.8, 4) is 5.75 Å². The monoisotopic (exact) mass is 285 g/mol. The number of halogens is 1. The van der Waals surface area contributed by atoms with Crippen LogP contribution >= 0.6 is 12.4 Å². The molecule has 19 heavy (non-hydrogen) atoms. The third-order valence-corrected chi connectivity index (χ3v) is 3.24. The summed E-state index contributed by atoms with van der Waals surface area (Å²) in [6.45, 7) is 10.1. The van der Waals surface area contributed by atoms with Crippen LogP contribution in [-0.4, -0.2) is 22.4 Å². The first-order chi connectivity index (χ1) is 8.21. The number of fused-ring (bicyclic) bond motifs is 1. The Bertz CT molecular complexity index is 440. The summed E-state index contributed by atoms with van der Waals surface area (Å²) in [4.78, 5) is 0. The molecule has 2 atom stereocenters. The molecular formula is C15H24ClNO2. The van der Waals surface area contributed by atoms with Gasteiger partial charge in [0.1, 0.15) is 17.5 Å². The van der Waals surface area contributed by atoms with Crippen molar-refractivity contribution in [2.45, 2.75) is 57.9 Å². The van der Waals surface area contributed by atoms with Crippen molar-refractivity contribution >= 4 is 12.4 Å². The van der Waals surface area contributed by atoms with Gasteiger partial charge in [0.05, 0.1) is 6.04 Å². The second-order valence-corrected chi connectivity index (χ2v) is 6.56. The Kier molecular flexibility index (Phi) is 4.55. The molecule has 0 bridgehead atoms. The summed E-state index contributed by atoms with van der Waals surface area (Å²) in [6.07, 6.45) is -0.577. The number of rotatable bonds is 1. The fourth-order valence-electron chi connectivity index (χ4n) is 2.37. The first kappa shape index (κ1) is 16.3. The van der Waals surface area contributed by atoms with E-state index in [4.69, 9.17) is 4.74 Å². The van der Waals surface area contributed by atoms with Gasteiger partial charge in [0, 0.05) is 11.1 Å². The molecule has 1 heterocycles. The largest absolute Gasteiger partial charge is 0.485 e. The summed E-state index contributed by atoms with van der Waals surface area (Å²) in [7, 11) is 0. The van der Waals surface area contributed by atoms with Gasteiger partial charge in [-0.1, -0.05) is 18.2 Å². The van der Waals surface area contributed by atoms with Crippen molar-refractivity contribution in [2.75, 3.05) is 0 Å². The molecule has 1 aliphatic rings. The number of para-hydroxylation sites is 1. The van der Waals surface area contributed by atoms with Gasteiger partial charge in [-0.05, 0) is 40.7 Å². The van der Waals surface area contributed by atoms with Gasteiger partial charge >= 0.3 is 0 Å². The van der Waals surface area contributed by atoms with E-state index in [1.165, 1.54) is 0 Å². The number of aliphatic hydroxyl groups excluding tert-OH is 1.